The van der Waals surface area contributed by atoms with E-state index in [-0.39, 0.29) is 16.9 Å². The van der Waals surface area contributed by atoms with Crippen LogP contribution in [0.1, 0.15) is 45.6 Å². The van der Waals surface area contributed by atoms with Crippen LogP contribution in [0.2, 0.25) is 0 Å². The summed E-state index contributed by atoms with van der Waals surface area (Å²) in [6, 6.07) is 7.14. The Hall–Kier alpha value is -0.870. The van der Waals surface area contributed by atoms with Crippen LogP contribution in [0.25, 0.3) is 0 Å². The zero-order valence-electron chi connectivity index (χ0n) is 13.3. The lowest BCUT2D eigenvalue weighted by atomic mass is 9.69. The van der Waals surface area contributed by atoms with Gasteiger partial charge in [-0.05, 0) is 55.1 Å². The Morgan fingerprint density at radius 2 is 1.76 bits per heavy atom. The molecule has 21 heavy (non-hydrogen) atoms. The second kappa shape index (κ2) is 4.56. The summed E-state index contributed by atoms with van der Waals surface area (Å²) in [5.74, 6) is 0.633. The molecule has 3 rings (SSSR count). The number of nitrogens with one attached hydrogen (secondary N) is 1. The van der Waals surface area contributed by atoms with Crippen molar-refractivity contribution in [1.29, 1.82) is 0 Å². The lowest BCUT2D eigenvalue weighted by Crippen LogP contribution is -2.46. The SMILES string of the molecule is Cc1ccc(S(=O)(=O)N[C@@H]2C[C@H]3CC[C@@]2(C)C3(C)C)cc1. The summed E-state index contributed by atoms with van der Waals surface area (Å²) in [7, 11) is -3.42. The minimum atomic E-state index is -3.42. The summed E-state index contributed by atoms with van der Waals surface area (Å²) in [5, 5.41) is 0. The van der Waals surface area contributed by atoms with Crippen LogP contribution in [0.5, 0.6) is 0 Å². The molecule has 2 bridgehead atoms. The van der Waals surface area contributed by atoms with Crippen molar-refractivity contribution in [3.63, 3.8) is 0 Å². The molecule has 116 valence electrons. The maximum Gasteiger partial charge on any atom is 0.240 e. The highest BCUT2D eigenvalue weighted by atomic mass is 32.2. The molecule has 4 heteroatoms. The third-order valence-corrected chi connectivity index (χ3v) is 7.91. The molecular weight excluding hydrogens is 282 g/mol. The Morgan fingerprint density at radius 1 is 1.14 bits per heavy atom. The standard InChI is InChI=1S/C17H25NO2S/c1-12-5-7-14(8-6-12)21(19,20)18-15-11-13-9-10-17(15,4)16(13,2)3/h5-8,13,15,18H,9-11H2,1-4H3/t13-,15-,17-/m1/s1. The lowest BCUT2D eigenvalue weighted by molar-refractivity contribution is 0.130. The summed E-state index contributed by atoms with van der Waals surface area (Å²) in [6.07, 6.45) is 3.31. The van der Waals surface area contributed by atoms with Crippen molar-refractivity contribution < 1.29 is 8.42 Å². The van der Waals surface area contributed by atoms with Crippen molar-refractivity contribution in [1.82, 2.24) is 4.72 Å². The van der Waals surface area contributed by atoms with E-state index < -0.39 is 10.0 Å². The van der Waals surface area contributed by atoms with E-state index in [9.17, 15) is 8.42 Å². The smallest absolute Gasteiger partial charge is 0.207 e. The molecule has 2 saturated carbocycles. The van der Waals surface area contributed by atoms with Crippen LogP contribution in [0.15, 0.2) is 29.2 Å². The van der Waals surface area contributed by atoms with Gasteiger partial charge in [-0.15, -0.1) is 0 Å². The minimum Gasteiger partial charge on any atom is -0.207 e. The molecule has 2 fully saturated rings. The van der Waals surface area contributed by atoms with Crippen molar-refractivity contribution in [3.05, 3.63) is 29.8 Å². The Morgan fingerprint density at radius 3 is 2.24 bits per heavy atom. The molecule has 1 aromatic carbocycles. The number of hydrogen-bond acceptors (Lipinski definition) is 2. The number of benzene rings is 1. The van der Waals surface area contributed by atoms with Crippen LogP contribution in [-0.4, -0.2) is 14.5 Å². The van der Waals surface area contributed by atoms with Crippen LogP contribution < -0.4 is 4.72 Å². The summed E-state index contributed by atoms with van der Waals surface area (Å²) in [6.45, 7) is 8.81. The first-order valence-electron chi connectivity index (χ1n) is 7.76. The zero-order valence-corrected chi connectivity index (χ0v) is 14.1. The molecule has 2 aliphatic rings. The predicted octanol–water partition coefficient (Wildman–Crippen LogP) is 3.49. The van der Waals surface area contributed by atoms with E-state index in [1.54, 1.807) is 12.1 Å². The van der Waals surface area contributed by atoms with Gasteiger partial charge in [-0.1, -0.05) is 38.5 Å². The molecule has 0 amide bonds. The summed E-state index contributed by atoms with van der Waals surface area (Å²) < 4.78 is 28.2. The molecule has 0 aromatic heterocycles. The van der Waals surface area contributed by atoms with Crippen molar-refractivity contribution in [2.75, 3.05) is 0 Å². The Labute approximate surface area is 128 Å². The Balaban J connectivity index is 1.86. The van der Waals surface area contributed by atoms with E-state index in [0.29, 0.717) is 10.8 Å². The molecule has 1 N–H and O–H groups in total. The summed E-state index contributed by atoms with van der Waals surface area (Å²) in [5.41, 5.74) is 1.35. The monoisotopic (exact) mass is 307 g/mol. The molecule has 0 spiro atoms. The van der Waals surface area contributed by atoms with Gasteiger partial charge in [-0.3, -0.25) is 0 Å². The van der Waals surface area contributed by atoms with Gasteiger partial charge in [0.2, 0.25) is 10.0 Å². The number of rotatable bonds is 3. The van der Waals surface area contributed by atoms with Crippen molar-refractivity contribution in [3.8, 4) is 0 Å². The first-order chi connectivity index (χ1) is 9.67. The first-order valence-corrected chi connectivity index (χ1v) is 9.24. The fraction of sp³-hybridized carbons (Fsp3) is 0.647. The van der Waals surface area contributed by atoms with Crippen molar-refractivity contribution in [2.24, 2.45) is 16.7 Å². The predicted molar refractivity (Wildman–Crippen MR) is 84.5 cm³/mol. The topological polar surface area (TPSA) is 46.2 Å². The highest BCUT2D eigenvalue weighted by Crippen LogP contribution is 2.65. The molecule has 1 aromatic rings. The number of sulfonamides is 1. The van der Waals surface area contributed by atoms with Gasteiger partial charge in [0.25, 0.3) is 0 Å². The molecule has 0 unspecified atom stereocenters. The van der Waals surface area contributed by atoms with E-state index in [4.69, 9.17) is 0 Å². The van der Waals surface area contributed by atoms with Crippen molar-refractivity contribution in [2.45, 2.75) is 57.9 Å². The number of hydrogen-bond donors (Lipinski definition) is 1. The molecular formula is C17H25NO2S. The third kappa shape index (κ3) is 2.15. The minimum absolute atomic E-state index is 0.0533. The van der Waals surface area contributed by atoms with Crippen LogP contribution in [0.4, 0.5) is 0 Å². The van der Waals surface area contributed by atoms with Gasteiger partial charge >= 0.3 is 0 Å². The maximum atomic E-state index is 12.6. The molecule has 0 heterocycles. The van der Waals surface area contributed by atoms with Gasteiger partial charge in [-0.25, -0.2) is 13.1 Å². The van der Waals surface area contributed by atoms with Gasteiger partial charge in [-0.2, -0.15) is 0 Å². The molecule has 3 atom stereocenters. The third-order valence-electron chi connectivity index (χ3n) is 6.42. The largest absolute Gasteiger partial charge is 0.240 e. The fourth-order valence-corrected chi connectivity index (χ4v) is 5.72. The molecule has 0 aliphatic heterocycles. The maximum absolute atomic E-state index is 12.6. The summed E-state index contributed by atoms with van der Waals surface area (Å²) >= 11 is 0. The van der Waals surface area contributed by atoms with Crippen LogP contribution in [0, 0.1) is 23.7 Å². The fourth-order valence-electron chi connectivity index (χ4n) is 4.35. The van der Waals surface area contributed by atoms with Crippen LogP contribution in [0.3, 0.4) is 0 Å². The van der Waals surface area contributed by atoms with E-state index in [1.807, 2.05) is 19.1 Å². The van der Waals surface area contributed by atoms with Crippen LogP contribution in [-0.2, 0) is 10.0 Å². The van der Waals surface area contributed by atoms with E-state index in [1.165, 1.54) is 6.42 Å². The number of aryl methyl sites for hydroxylation is 1. The van der Waals surface area contributed by atoms with Gasteiger partial charge in [0, 0.05) is 6.04 Å². The summed E-state index contributed by atoms with van der Waals surface area (Å²) in [4.78, 5) is 0.372. The average molecular weight is 307 g/mol. The Bertz CT molecular complexity index is 648. The Kier molecular flexibility index (Phi) is 3.27. The van der Waals surface area contributed by atoms with Gasteiger partial charge in [0.05, 0.1) is 4.90 Å². The van der Waals surface area contributed by atoms with E-state index in [2.05, 4.69) is 25.5 Å². The van der Waals surface area contributed by atoms with Gasteiger partial charge < -0.3 is 0 Å². The first kappa shape index (κ1) is 15.0. The molecule has 3 nitrogen and oxygen atoms in total. The second-order valence-electron chi connectivity index (χ2n) is 7.60. The van der Waals surface area contributed by atoms with E-state index in [0.717, 1.165) is 18.4 Å². The molecule has 0 radical (unpaired) electrons. The lowest BCUT2D eigenvalue weighted by Gasteiger charge is -2.39. The molecule has 2 aliphatic carbocycles. The van der Waals surface area contributed by atoms with Crippen molar-refractivity contribution >= 4 is 10.0 Å². The van der Waals surface area contributed by atoms with Crippen LogP contribution >= 0.6 is 0 Å². The van der Waals surface area contributed by atoms with Gasteiger partial charge in [0.1, 0.15) is 0 Å². The number of fused-ring (bicyclic) bond motifs is 2. The zero-order chi connectivity index (χ0) is 15.5. The average Bonchev–Trinajstić information content (AvgIpc) is 2.72. The normalized spacial score (nSPS) is 34.3. The highest BCUT2D eigenvalue weighted by molar-refractivity contribution is 7.89. The quantitative estimate of drug-likeness (QED) is 0.929. The van der Waals surface area contributed by atoms with E-state index >= 15 is 0 Å². The molecule has 0 saturated heterocycles. The second-order valence-corrected chi connectivity index (χ2v) is 9.31. The highest BCUT2D eigenvalue weighted by Gasteiger charge is 2.61. The van der Waals surface area contributed by atoms with Gasteiger partial charge in [0.15, 0.2) is 0 Å².